The van der Waals surface area contributed by atoms with Crippen LogP contribution in [0.2, 0.25) is 0 Å². The number of nitrogens with one attached hydrogen (secondary N) is 1. The number of rotatable bonds is 1. The molecule has 0 bridgehead atoms. The minimum absolute atomic E-state index is 0.0989. The number of fused-ring (bicyclic) bond motifs is 2. The summed E-state index contributed by atoms with van der Waals surface area (Å²) in [5.41, 5.74) is 2.37. The SMILES string of the molecule is O=C(c1ccn2ncnc2c1)N1CCc2c(nc[nH]c2=O)C1. The zero-order valence-electron chi connectivity index (χ0n) is 11.6. The van der Waals surface area contributed by atoms with Crippen LogP contribution in [-0.2, 0) is 13.0 Å². The van der Waals surface area contributed by atoms with Gasteiger partial charge in [-0.2, -0.15) is 5.10 Å². The fourth-order valence-corrected chi connectivity index (χ4v) is 2.67. The minimum atomic E-state index is -0.123. The number of pyridine rings is 1. The van der Waals surface area contributed by atoms with Gasteiger partial charge in [-0.1, -0.05) is 0 Å². The summed E-state index contributed by atoms with van der Waals surface area (Å²) in [7, 11) is 0. The third-order valence-electron chi connectivity index (χ3n) is 3.83. The lowest BCUT2D eigenvalue weighted by atomic mass is 10.1. The maximum atomic E-state index is 12.6. The lowest BCUT2D eigenvalue weighted by molar-refractivity contribution is 0.0731. The van der Waals surface area contributed by atoms with Crippen LogP contribution in [0.5, 0.6) is 0 Å². The van der Waals surface area contributed by atoms with E-state index in [4.69, 9.17) is 0 Å². The summed E-state index contributed by atoms with van der Waals surface area (Å²) < 4.78 is 1.60. The maximum Gasteiger partial charge on any atom is 0.254 e. The van der Waals surface area contributed by atoms with Crippen LogP contribution in [0.4, 0.5) is 0 Å². The van der Waals surface area contributed by atoms with E-state index >= 15 is 0 Å². The Bertz CT molecular complexity index is 928. The standard InChI is InChI=1S/C14H12N6O2/c21-13-10-2-3-19(6-11(10)15-7-17-13)14(22)9-1-4-20-12(5-9)16-8-18-20/h1,4-5,7-8H,2-3,6H2,(H,15,17,21). The van der Waals surface area contributed by atoms with Crippen molar-refractivity contribution in [3.05, 3.63) is 58.2 Å². The van der Waals surface area contributed by atoms with Crippen molar-refractivity contribution in [2.75, 3.05) is 6.54 Å². The monoisotopic (exact) mass is 296 g/mol. The summed E-state index contributed by atoms with van der Waals surface area (Å²) in [6.45, 7) is 0.842. The van der Waals surface area contributed by atoms with E-state index in [2.05, 4.69) is 20.1 Å². The molecule has 8 heteroatoms. The molecule has 1 aliphatic heterocycles. The third kappa shape index (κ3) is 1.96. The fraction of sp³-hybridized carbons (Fsp3) is 0.214. The lowest BCUT2D eigenvalue weighted by Gasteiger charge is -2.27. The van der Waals surface area contributed by atoms with Crippen LogP contribution in [0.25, 0.3) is 5.65 Å². The van der Waals surface area contributed by atoms with Crippen molar-refractivity contribution in [3.63, 3.8) is 0 Å². The number of nitrogens with zero attached hydrogens (tertiary/aromatic N) is 5. The van der Waals surface area contributed by atoms with Gasteiger partial charge in [0.1, 0.15) is 6.33 Å². The molecule has 0 atom stereocenters. The van der Waals surface area contributed by atoms with Gasteiger partial charge in [-0.05, 0) is 18.6 Å². The van der Waals surface area contributed by atoms with Crippen molar-refractivity contribution in [2.45, 2.75) is 13.0 Å². The van der Waals surface area contributed by atoms with Gasteiger partial charge in [0.05, 0.1) is 18.6 Å². The first kappa shape index (κ1) is 12.7. The van der Waals surface area contributed by atoms with Gasteiger partial charge in [-0.15, -0.1) is 0 Å². The van der Waals surface area contributed by atoms with Crippen LogP contribution in [-0.4, -0.2) is 41.9 Å². The quantitative estimate of drug-likeness (QED) is 0.682. The average Bonchev–Trinajstić information content (AvgIpc) is 3.01. The number of carbonyl (C=O) groups excluding carboxylic acids is 1. The van der Waals surface area contributed by atoms with Crippen LogP contribution >= 0.6 is 0 Å². The first-order chi connectivity index (χ1) is 10.7. The number of aromatic amines is 1. The number of carbonyl (C=O) groups is 1. The Morgan fingerprint density at radius 2 is 2.23 bits per heavy atom. The zero-order valence-corrected chi connectivity index (χ0v) is 11.6. The van der Waals surface area contributed by atoms with Gasteiger partial charge < -0.3 is 9.88 Å². The van der Waals surface area contributed by atoms with Gasteiger partial charge in [0.25, 0.3) is 11.5 Å². The molecule has 22 heavy (non-hydrogen) atoms. The Morgan fingerprint density at radius 1 is 1.32 bits per heavy atom. The minimum Gasteiger partial charge on any atom is -0.332 e. The summed E-state index contributed by atoms with van der Waals surface area (Å²) in [4.78, 5) is 36.8. The Balaban J connectivity index is 1.65. The topological polar surface area (TPSA) is 96.2 Å². The van der Waals surface area contributed by atoms with E-state index in [1.54, 1.807) is 27.7 Å². The van der Waals surface area contributed by atoms with Crippen LogP contribution in [0.15, 0.2) is 35.8 Å². The van der Waals surface area contributed by atoms with E-state index < -0.39 is 0 Å². The molecule has 0 saturated heterocycles. The van der Waals surface area contributed by atoms with E-state index in [0.717, 1.165) is 0 Å². The van der Waals surface area contributed by atoms with Crippen LogP contribution in [0.1, 0.15) is 21.6 Å². The Kier molecular flexibility index (Phi) is 2.75. The molecule has 0 fully saturated rings. The van der Waals surface area contributed by atoms with Crippen molar-refractivity contribution in [1.82, 2.24) is 29.5 Å². The van der Waals surface area contributed by atoms with Crippen molar-refractivity contribution in [3.8, 4) is 0 Å². The zero-order chi connectivity index (χ0) is 15.1. The molecule has 8 nitrogen and oxygen atoms in total. The van der Waals surface area contributed by atoms with Gasteiger partial charge in [0, 0.05) is 23.9 Å². The van der Waals surface area contributed by atoms with E-state index in [1.807, 2.05) is 0 Å². The number of H-pyrrole nitrogens is 1. The molecule has 3 aromatic heterocycles. The number of amides is 1. The molecule has 3 aromatic rings. The lowest BCUT2D eigenvalue weighted by Crippen LogP contribution is -2.38. The van der Waals surface area contributed by atoms with Gasteiger partial charge in [0.2, 0.25) is 0 Å². The summed E-state index contributed by atoms with van der Waals surface area (Å²) >= 11 is 0. The number of aromatic nitrogens is 5. The van der Waals surface area contributed by atoms with E-state index in [1.165, 1.54) is 12.7 Å². The molecule has 1 amide bonds. The van der Waals surface area contributed by atoms with Crippen LogP contribution < -0.4 is 5.56 Å². The van der Waals surface area contributed by atoms with Gasteiger partial charge in [-0.3, -0.25) is 9.59 Å². The van der Waals surface area contributed by atoms with Gasteiger partial charge in [-0.25, -0.2) is 14.5 Å². The molecule has 1 aliphatic rings. The molecular weight excluding hydrogens is 284 g/mol. The first-order valence-corrected chi connectivity index (χ1v) is 6.86. The first-order valence-electron chi connectivity index (χ1n) is 6.86. The van der Waals surface area contributed by atoms with Crippen molar-refractivity contribution in [2.24, 2.45) is 0 Å². The van der Waals surface area contributed by atoms with E-state index in [-0.39, 0.29) is 11.5 Å². The predicted molar refractivity (Wildman–Crippen MR) is 76.3 cm³/mol. The summed E-state index contributed by atoms with van der Waals surface area (Å²) in [6, 6.07) is 3.42. The van der Waals surface area contributed by atoms with Crippen LogP contribution in [0.3, 0.4) is 0 Å². The summed E-state index contributed by atoms with van der Waals surface area (Å²) in [5.74, 6) is -0.0989. The highest BCUT2D eigenvalue weighted by Crippen LogP contribution is 2.16. The van der Waals surface area contributed by atoms with Crippen molar-refractivity contribution < 1.29 is 4.79 Å². The largest absolute Gasteiger partial charge is 0.332 e. The highest BCUT2D eigenvalue weighted by atomic mass is 16.2. The van der Waals surface area contributed by atoms with Gasteiger partial charge in [0.15, 0.2) is 5.65 Å². The molecular formula is C14H12N6O2. The summed E-state index contributed by atoms with van der Waals surface area (Å²) in [6.07, 6.45) is 5.03. The second-order valence-electron chi connectivity index (χ2n) is 5.11. The molecule has 0 aromatic carbocycles. The molecule has 0 unspecified atom stereocenters. The van der Waals surface area contributed by atoms with E-state index in [9.17, 15) is 9.59 Å². The second kappa shape index (κ2) is 4.76. The Labute approximate surface area is 124 Å². The molecule has 0 aliphatic carbocycles. The number of hydrogen-bond donors (Lipinski definition) is 1. The molecule has 0 radical (unpaired) electrons. The molecule has 1 N–H and O–H groups in total. The average molecular weight is 296 g/mol. The fourth-order valence-electron chi connectivity index (χ4n) is 2.67. The van der Waals surface area contributed by atoms with Gasteiger partial charge >= 0.3 is 0 Å². The molecule has 0 saturated carbocycles. The highest BCUT2D eigenvalue weighted by Gasteiger charge is 2.24. The smallest absolute Gasteiger partial charge is 0.254 e. The number of hydrogen-bond acceptors (Lipinski definition) is 5. The Hall–Kier alpha value is -3.03. The second-order valence-corrected chi connectivity index (χ2v) is 5.11. The maximum absolute atomic E-state index is 12.6. The third-order valence-corrected chi connectivity index (χ3v) is 3.83. The molecule has 110 valence electrons. The highest BCUT2D eigenvalue weighted by molar-refractivity contribution is 5.95. The van der Waals surface area contributed by atoms with Crippen LogP contribution in [0, 0.1) is 0 Å². The normalized spacial score (nSPS) is 14.1. The summed E-state index contributed by atoms with van der Waals surface area (Å²) in [5, 5.41) is 4.00. The van der Waals surface area contributed by atoms with Crippen molar-refractivity contribution >= 4 is 11.6 Å². The van der Waals surface area contributed by atoms with Crippen molar-refractivity contribution in [1.29, 1.82) is 0 Å². The Morgan fingerprint density at radius 3 is 3.14 bits per heavy atom. The molecule has 0 spiro atoms. The predicted octanol–water partition coefficient (Wildman–Crippen LogP) is 0.0111. The van der Waals surface area contributed by atoms with E-state index in [0.29, 0.717) is 42.0 Å². The molecule has 4 rings (SSSR count). The molecule has 4 heterocycles.